The highest BCUT2D eigenvalue weighted by Gasteiger charge is 2.03. The number of nitrogens with zero attached hydrogens (tertiary/aromatic N) is 1. The molecule has 0 aliphatic heterocycles. The number of nitrogens with one attached hydrogen (secondary N) is 1. The summed E-state index contributed by atoms with van der Waals surface area (Å²) in [7, 11) is 0. The van der Waals surface area contributed by atoms with Crippen molar-refractivity contribution in [3.8, 4) is 0 Å². The van der Waals surface area contributed by atoms with Gasteiger partial charge in [0.25, 0.3) is 0 Å². The number of ketones is 1. The Hall–Kier alpha value is -2.36. The van der Waals surface area contributed by atoms with Gasteiger partial charge in [-0.15, -0.1) is 0 Å². The number of hydrogen-bond acceptors (Lipinski definition) is 2. The lowest BCUT2D eigenvalue weighted by molar-refractivity contribution is -0.116. The molecule has 4 heteroatoms. The number of amides is 1. The fourth-order valence-electron chi connectivity index (χ4n) is 1.63. The van der Waals surface area contributed by atoms with Crippen molar-refractivity contribution in [2.75, 3.05) is 5.32 Å². The highest BCUT2D eigenvalue weighted by Crippen LogP contribution is 2.10. The first-order valence-corrected chi connectivity index (χ1v) is 5.67. The zero-order valence-corrected chi connectivity index (χ0v) is 10.1. The van der Waals surface area contributed by atoms with E-state index in [1.54, 1.807) is 28.8 Å². The topological polar surface area (TPSA) is 51.1 Å². The molecular weight excluding hydrogens is 228 g/mol. The van der Waals surface area contributed by atoms with Crippen LogP contribution in [0.2, 0.25) is 0 Å². The van der Waals surface area contributed by atoms with Gasteiger partial charge in [0.15, 0.2) is 5.78 Å². The lowest BCUT2D eigenvalue weighted by Crippen LogP contribution is -2.17. The maximum atomic E-state index is 11.7. The first-order valence-electron chi connectivity index (χ1n) is 5.67. The summed E-state index contributed by atoms with van der Waals surface area (Å²) in [6.45, 7) is 1.79. The Kier molecular flexibility index (Phi) is 3.57. The molecule has 1 heterocycles. The first-order chi connectivity index (χ1) is 8.65. The van der Waals surface area contributed by atoms with E-state index in [4.69, 9.17) is 0 Å². The van der Waals surface area contributed by atoms with Gasteiger partial charge in [-0.25, -0.2) is 0 Å². The number of benzene rings is 1. The number of aromatic nitrogens is 1. The Bertz CT molecular complexity index is 542. The minimum atomic E-state index is -0.0956. The summed E-state index contributed by atoms with van der Waals surface area (Å²) in [4.78, 5) is 22.8. The van der Waals surface area contributed by atoms with Crippen molar-refractivity contribution in [2.24, 2.45) is 0 Å². The van der Waals surface area contributed by atoms with Crippen LogP contribution in [0.1, 0.15) is 17.3 Å². The van der Waals surface area contributed by atoms with Gasteiger partial charge >= 0.3 is 0 Å². The smallest absolute Gasteiger partial charge is 0.244 e. The van der Waals surface area contributed by atoms with E-state index in [2.05, 4.69) is 5.32 Å². The molecule has 0 atom stereocenters. The summed E-state index contributed by atoms with van der Waals surface area (Å²) in [5.74, 6) is -0.0815. The van der Waals surface area contributed by atoms with E-state index in [-0.39, 0.29) is 18.2 Å². The average Bonchev–Trinajstić information content (AvgIpc) is 2.82. The second-order valence-electron chi connectivity index (χ2n) is 4.04. The van der Waals surface area contributed by atoms with Crippen molar-refractivity contribution in [1.29, 1.82) is 0 Å². The number of carbonyl (C=O) groups is 2. The summed E-state index contributed by atoms with van der Waals surface area (Å²) in [5, 5.41) is 2.78. The van der Waals surface area contributed by atoms with Gasteiger partial charge in [0.1, 0.15) is 6.54 Å². The third-order valence-corrected chi connectivity index (χ3v) is 2.57. The predicted octanol–water partition coefficient (Wildman–Crippen LogP) is 2.33. The van der Waals surface area contributed by atoms with E-state index < -0.39 is 0 Å². The number of rotatable bonds is 4. The molecule has 1 N–H and O–H groups in total. The van der Waals surface area contributed by atoms with E-state index in [1.807, 2.05) is 24.5 Å². The van der Waals surface area contributed by atoms with Gasteiger partial charge < -0.3 is 9.88 Å². The van der Waals surface area contributed by atoms with E-state index in [0.717, 1.165) is 0 Å². The first kappa shape index (κ1) is 12.1. The molecule has 0 aliphatic rings. The van der Waals surface area contributed by atoms with Gasteiger partial charge in [-0.2, -0.15) is 0 Å². The van der Waals surface area contributed by atoms with Crippen molar-refractivity contribution < 1.29 is 9.59 Å². The Morgan fingerprint density at radius 2 is 1.72 bits per heavy atom. The average molecular weight is 242 g/mol. The molecule has 1 aromatic carbocycles. The number of carbonyl (C=O) groups excluding carboxylic acids is 2. The summed E-state index contributed by atoms with van der Waals surface area (Å²) in [6.07, 6.45) is 3.66. The van der Waals surface area contributed by atoms with Gasteiger partial charge in [0.05, 0.1) is 0 Å². The van der Waals surface area contributed by atoms with Crippen LogP contribution in [0.5, 0.6) is 0 Å². The normalized spacial score (nSPS) is 10.1. The van der Waals surface area contributed by atoms with Crippen molar-refractivity contribution in [2.45, 2.75) is 13.5 Å². The van der Waals surface area contributed by atoms with Gasteiger partial charge in [-0.05, 0) is 43.3 Å². The molecule has 92 valence electrons. The summed E-state index contributed by atoms with van der Waals surface area (Å²) < 4.78 is 1.79. The second kappa shape index (κ2) is 5.31. The van der Waals surface area contributed by atoms with E-state index in [1.165, 1.54) is 6.92 Å². The fraction of sp³-hybridized carbons (Fsp3) is 0.143. The summed E-state index contributed by atoms with van der Waals surface area (Å²) in [5.41, 5.74) is 1.33. The largest absolute Gasteiger partial charge is 0.345 e. The van der Waals surface area contributed by atoms with E-state index in [0.29, 0.717) is 11.3 Å². The van der Waals surface area contributed by atoms with Crippen LogP contribution in [-0.4, -0.2) is 16.3 Å². The Morgan fingerprint density at radius 3 is 2.28 bits per heavy atom. The van der Waals surface area contributed by atoms with Crippen molar-refractivity contribution in [1.82, 2.24) is 4.57 Å². The zero-order chi connectivity index (χ0) is 13.0. The van der Waals surface area contributed by atoms with Crippen LogP contribution in [0, 0.1) is 0 Å². The third-order valence-electron chi connectivity index (χ3n) is 2.57. The molecule has 0 spiro atoms. The van der Waals surface area contributed by atoms with Gasteiger partial charge in [-0.3, -0.25) is 9.59 Å². The molecule has 2 rings (SSSR count). The highest BCUT2D eigenvalue weighted by molar-refractivity contribution is 5.95. The van der Waals surface area contributed by atoms with E-state index in [9.17, 15) is 9.59 Å². The molecule has 1 aromatic heterocycles. The number of Topliss-reactive ketones (excluding diaryl/α,β-unsaturated/α-hetero) is 1. The van der Waals surface area contributed by atoms with Gasteiger partial charge in [0.2, 0.25) is 5.91 Å². The lowest BCUT2D eigenvalue weighted by atomic mass is 10.1. The maximum absolute atomic E-state index is 11.7. The van der Waals surface area contributed by atoms with Crippen LogP contribution in [0.25, 0.3) is 0 Å². The maximum Gasteiger partial charge on any atom is 0.244 e. The van der Waals surface area contributed by atoms with Gasteiger partial charge in [-0.1, -0.05) is 0 Å². The zero-order valence-electron chi connectivity index (χ0n) is 10.1. The SMILES string of the molecule is CC(=O)c1ccc(NC(=O)Cn2cccc2)cc1. The summed E-state index contributed by atoms with van der Waals surface area (Å²) >= 11 is 0. The van der Waals surface area contributed by atoms with Crippen LogP contribution < -0.4 is 5.32 Å². The molecule has 0 radical (unpaired) electrons. The summed E-state index contributed by atoms with van der Waals surface area (Å²) in [6, 6.07) is 10.6. The highest BCUT2D eigenvalue weighted by atomic mass is 16.2. The second-order valence-corrected chi connectivity index (χ2v) is 4.04. The number of anilines is 1. The lowest BCUT2D eigenvalue weighted by Gasteiger charge is -2.06. The fourth-order valence-corrected chi connectivity index (χ4v) is 1.63. The predicted molar refractivity (Wildman–Crippen MR) is 69.5 cm³/mol. The molecule has 18 heavy (non-hydrogen) atoms. The van der Waals surface area contributed by atoms with Crippen molar-refractivity contribution in [3.63, 3.8) is 0 Å². The standard InChI is InChI=1S/C14H14N2O2/c1-11(17)12-4-6-13(7-5-12)15-14(18)10-16-8-2-3-9-16/h2-9H,10H2,1H3,(H,15,18). The minimum absolute atomic E-state index is 0.0141. The van der Waals surface area contributed by atoms with Crippen LogP contribution in [0.3, 0.4) is 0 Å². The molecule has 0 unspecified atom stereocenters. The molecule has 2 aromatic rings. The molecule has 1 amide bonds. The Balaban J connectivity index is 1.97. The molecule has 4 nitrogen and oxygen atoms in total. The Labute approximate surface area is 105 Å². The van der Waals surface area contributed by atoms with Crippen LogP contribution in [0.15, 0.2) is 48.8 Å². The number of hydrogen-bond donors (Lipinski definition) is 1. The molecule has 0 saturated heterocycles. The van der Waals surface area contributed by atoms with Crippen LogP contribution >= 0.6 is 0 Å². The van der Waals surface area contributed by atoms with Crippen LogP contribution in [0.4, 0.5) is 5.69 Å². The molecule has 0 fully saturated rings. The van der Waals surface area contributed by atoms with Gasteiger partial charge in [0, 0.05) is 23.6 Å². The molecule has 0 saturated carbocycles. The molecular formula is C14H14N2O2. The molecule has 0 aliphatic carbocycles. The monoisotopic (exact) mass is 242 g/mol. The van der Waals surface area contributed by atoms with Crippen LogP contribution in [-0.2, 0) is 11.3 Å². The van der Waals surface area contributed by atoms with Crippen molar-refractivity contribution >= 4 is 17.4 Å². The molecule has 0 bridgehead atoms. The third kappa shape index (κ3) is 3.07. The quantitative estimate of drug-likeness (QED) is 0.836. The Morgan fingerprint density at radius 1 is 1.11 bits per heavy atom. The van der Waals surface area contributed by atoms with E-state index >= 15 is 0 Å². The van der Waals surface area contributed by atoms with Crippen molar-refractivity contribution in [3.05, 3.63) is 54.4 Å². The minimum Gasteiger partial charge on any atom is -0.345 e.